The van der Waals surface area contributed by atoms with Gasteiger partial charge in [0.15, 0.2) is 0 Å². The molecule has 106 valence electrons. The minimum absolute atomic E-state index is 0.524. The zero-order chi connectivity index (χ0) is 14.1. The van der Waals surface area contributed by atoms with Crippen LogP contribution in [0.25, 0.3) is 0 Å². The van der Waals surface area contributed by atoms with Gasteiger partial charge in [0.05, 0.1) is 0 Å². The van der Waals surface area contributed by atoms with Gasteiger partial charge in [-0.1, -0.05) is 24.3 Å². The van der Waals surface area contributed by atoms with E-state index in [-0.39, 0.29) is 0 Å². The van der Waals surface area contributed by atoms with Crippen molar-refractivity contribution in [2.75, 3.05) is 0 Å². The Labute approximate surface area is 121 Å². The van der Waals surface area contributed by atoms with Crippen LogP contribution < -0.4 is 5.32 Å². The molecule has 1 heterocycles. The van der Waals surface area contributed by atoms with Crippen molar-refractivity contribution in [2.45, 2.75) is 52.7 Å². The van der Waals surface area contributed by atoms with Gasteiger partial charge in [-0.25, -0.2) is 0 Å². The summed E-state index contributed by atoms with van der Waals surface area (Å²) in [6, 6.07) is 11.7. The van der Waals surface area contributed by atoms with Crippen molar-refractivity contribution in [3.05, 3.63) is 58.4 Å². The van der Waals surface area contributed by atoms with Gasteiger partial charge in [-0.2, -0.15) is 0 Å². The first-order chi connectivity index (χ1) is 9.70. The maximum absolute atomic E-state index is 3.75. The van der Waals surface area contributed by atoms with Gasteiger partial charge in [-0.05, 0) is 56.4 Å². The molecule has 0 saturated carbocycles. The fourth-order valence-corrected chi connectivity index (χ4v) is 3.54. The average Bonchev–Trinajstić information content (AvgIpc) is 2.98. The summed E-state index contributed by atoms with van der Waals surface area (Å²) in [6.07, 6.45) is 2.44. The standard InChI is InChI=1S/C18H24N2/c1-4-20-13(2)11-16(14(20)3)12-19-18-10-9-15-7-5-6-8-17(15)18/h5-8,11,18-19H,4,9-10,12H2,1-3H3. The first-order valence-electron chi connectivity index (χ1n) is 7.67. The number of hydrogen-bond acceptors (Lipinski definition) is 1. The second-order valence-electron chi connectivity index (χ2n) is 5.81. The summed E-state index contributed by atoms with van der Waals surface area (Å²) in [4.78, 5) is 0. The molecule has 1 aliphatic rings. The Morgan fingerprint density at radius 2 is 2.05 bits per heavy atom. The largest absolute Gasteiger partial charge is 0.349 e. The molecule has 0 radical (unpaired) electrons. The molecule has 1 aromatic heterocycles. The van der Waals surface area contributed by atoms with E-state index < -0.39 is 0 Å². The number of aromatic nitrogens is 1. The number of fused-ring (bicyclic) bond motifs is 1. The molecule has 1 aromatic carbocycles. The highest BCUT2D eigenvalue weighted by molar-refractivity contribution is 5.34. The molecule has 2 aromatic rings. The molecular formula is C18H24N2. The van der Waals surface area contributed by atoms with Gasteiger partial charge in [0.2, 0.25) is 0 Å². The number of benzene rings is 1. The third-order valence-electron chi connectivity index (χ3n) is 4.67. The molecule has 2 nitrogen and oxygen atoms in total. The molecule has 3 rings (SSSR count). The van der Waals surface area contributed by atoms with Crippen LogP contribution in [0.1, 0.15) is 47.5 Å². The average molecular weight is 268 g/mol. The fraction of sp³-hybridized carbons (Fsp3) is 0.444. The third kappa shape index (κ3) is 2.29. The molecule has 1 unspecified atom stereocenters. The monoisotopic (exact) mass is 268 g/mol. The predicted octanol–water partition coefficient (Wildman–Crippen LogP) is 3.90. The minimum Gasteiger partial charge on any atom is -0.349 e. The summed E-state index contributed by atoms with van der Waals surface area (Å²) in [5.41, 5.74) is 7.23. The van der Waals surface area contributed by atoms with Crippen LogP contribution in [0.2, 0.25) is 0 Å². The fourth-order valence-electron chi connectivity index (χ4n) is 3.54. The summed E-state index contributed by atoms with van der Waals surface area (Å²) in [7, 11) is 0. The van der Waals surface area contributed by atoms with Crippen molar-refractivity contribution in [3.63, 3.8) is 0 Å². The van der Waals surface area contributed by atoms with Crippen molar-refractivity contribution in [2.24, 2.45) is 0 Å². The zero-order valence-corrected chi connectivity index (χ0v) is 12.7. The lowest BCUT2D eigenvalue weighted by Gasteiger charge is -2.14. The molecule has 0 amide bonds. The van der Waals surface area contributed by atoms with Crippen LogP contribution in [0.15, 0.2) is 30.3 Å². The van der Waals surface area contributed by atoms with Gasteiger partial charge in [0.1, 0.15) is 0 Å². The summed E-state index contributed by atoms with van der Waals surface area (Å²) < 4.78 is 2.39. The Hall–Kier alpha value is -1.54. The molecule has 0 aliphatic heterocycles. The Bertz CT molecular complexity index is 610. The summed E-state index contributed by atoms with van der Waals surface area (Å²) in [5.74, 6) is 0. The maximum Gasteiger partial charge on any atom is 0.0329 e. The van der Waals surface area contributed by atoms with Crippen molar-refractivity contribution in [1.82, 2.24) is 9.88 Å². The lowest BCUT2D eigenvalue weighted by atomic mass is 10.1. The molecule has 0 spiro atoms. The van der Waals surface area contributed by atoms with Crippen LogP contribution in [-0.2, 0) is 19.5 Å². The topological polar surface area (TPSA) is 17.0 Å². The van der Waals surface area contributed by atoms with Gasteiger partial charge < -0.3 is 9.88 Å². The van der Waals surface area contributed by atoms with Crippen molar-refractivity contribution in [1.29, 1.82) is 0 Å². The zero-order valence-electron chi connectivity index (χ0n) is 12.7. The highest BCUT2D eigenvalue weighted by Crippen LogP contribution is 2.31. The molecule has 1 aliphatic carbocycles. The highest BCUT2D eigenvalue weighted by atomic mass is 15.0. The van der Waals surface area contributed by atoms with Gasteiger partial charge in [0.25, 0.3) is 0 Å². The Balaban J connectivity index is 1.72. The first kappa shape index (κ1) is 13.4. The Morgan fingerprint density at radius 3 is 2.80 bits per heavy atom. The van der Waals surface area contributed by atoms with Crippen LogP contribution in [0.3, 0.4) is 0 Å². The van der Waals surface area contributed by atoms with Gasteiger partial charge in [-0.15, -0.1) is 0 Å². The first-order valence-corrected chi connectivity index (χ1v) is 7.67. The van der Waals surface area contributed by atoms with Gasteiger partial charge in [-0.3, -0.25) is 0 Å². The molecular weight excluding hydrogens is 244 g/mol. The molecule has 20 heavy (non-hydrogen) atoms. The number of hydrogen-bond donors (Lipinski definition) is 1. The van der Waals surface area contributed by atoms with E-state index in [1.807, 2.05) is 0 Å². The van der Waals surface area contributed by atoms with Gasteiger partial charge >= 0.3 is 0 Å². The molecule has 0 bridgehead atoms. The molecule has 2 heteroatoms. The van der Waals surface area contributed by atoms with E-state index in [1.165, 1.54) is 40.9 Å². The number of rotatable bonds is 4. The summed E-state index contributed by atoms with van der Waals surface area (Å²) in [5, 5.41) is 3.75. The van der Waals surface area contributed by atoms with E-state index in [9.17, 15) is 0 Å². The molecule has 1 N–H and O–H groups in total. The van der Waals surface area contributed by atoms with E-state index >= 15 is 0 Å². The molecule has 0 saturated heterocycles. The highest BCUT2D eigenvalue weighted by Gasteiger charge is 2.21. The predicted molar refractivity (Wildman–Crippen MR) is 83.9 cm³/mol. The molecule has 1 atom stereocenters. The van der Waals surface area contributed by atoms with Gasteiger partial charge in [0, 0.05) is 30.5 Å². The van der Waals surface area contributed by atoms with E-state index in [1.54, 1.807) is 0 Å². The van der Waals surface area contributed by atoms with Crippen molar-refractivity contribution < 1.29 is 0 Å². The smallest absolute Gasteiger partial charge is 0.0329 e. The van der Waals surface area contributed by atoms with E-state index in [0.29, 0.717) is 6.04 Å². The van der Waals surface area contributed by atoms with E-state index in [2.05, 4.69) is 61.0 Å². The van der Waals surface area contributed by atoms with E-state index in [0.717, 1.165) is 13.1 Å². The Kier molecular flexibility index (Phi) is 3.66. The van der Waals surface area contributed by atoms with Crippen LogP contribution >= 0.6 is 0 Å². The lowest BCUT2D eigenvalue weighted by Crippen LogP contribution is -2.19. The van der Waals surface area contributed by atoms with Crippen molar-refractivity contribution >= 4 is 0 Å². The second kappa shape index (κ2) is 5.45. The summed E-state index contributed by atoms with van der Waals surface area (Å²) >= 11 is 0. The quantitative estimate of drug-likeness (QED) is 0.890. The lowest BCUT2D eigenvalue weighted by molar-refractivity contribution is 0.528. The Morgan fingerprint density at radius 1 is 1.25 bits per heavy atom. The summed E-state index contributed by atoms with van der Waals surface area (Å²) in [6.45, 7) is 8.67. The van der Waals surface area contributed by atoms with Crippen LogP contribution in [0.4, 0.5) is 0 Å². The van der Waals surface area contributed by atoms with Crippen molar-refractivity contribution in [3.8, 4) is 0 Å². The normalized spacial score (nSPS) is 17.4. The maximum atomic E-state index is 3.75. The molecule has 0 fully saturated rings. The van der Waals surface area contributed by atoms with Crippen LogP contribution in [-0.4, -0.2) is 4.57 Å². The number of aryl methyl sites for hydroxylation is 2. The van der Waals surface area contributed by atoms with E-state index in [4.69, 9.17) is 0 Å². The van der Waals surface area contributed by atoms with Crippen LogP contribution in [0.5, 0.6) is 0 Å². The third-order valence-corrected chi connectivity index (χ3v) is 4.67. The minimum atomic E-state index is 0.524. The number of nitrogens with one attached hydrogen (secondary N) is 1. The SMILES string of the molecule is CCn1c(C)cc(CNC2CCc3ccccc32)c1C. The second-order valence-corrected chi connectivity index (χ2v) is 5.81. The number of nitrogens with zero attached hydrogens (tertiary/aromatic N) is 1. The van der Waals surface area contributed by atoms with Crippen LogP contribution in [0, 0.1) is 13.8 Å².